The zero-order chi connectivity index (χ0) is 45.3. The molecule has 1 aromatic heterocycles. The van der Waals surface area contributed by atoms with Crippen molar-refractivity contribution < 1.29 is 28.4 Å². The number of carbonyl (C=O) groups is 3. The molecule has 15 nitrogen and oxygen atoms in total. The molecule has 3 aromatic carbocycles. The van der Waals surface area contributed by atoms with Crippen LogP contribution in [0.1, 0.15) is 67.9 Å². The second kappa shape index (κ2) is 18.7. The van der Waals surface area contributed by atoms with Gasteiger partial charge in [0.05, 0.1) is 31.2 Å². The standard InChI is InChI=1S/C47H59ClN9O6P/c1-7-30-25-36(51-46-49-27-34(48)43(53-46)50-35-12-8-9-14-41(35)64(5,6)61)40(62-4)26-38(30)55-19-17-31(18-20-55)54-21-23-56(24-22-54)47(2,3)29-63-39-13-10-11-32-33(39)28-57(45(32)60)37-15-16-42(58)52-44(37)59/h8-14,25-27,31,37H,7,15-24,28-29H2,1-6H3,(H,52,58,59)(H2,49,50,51,53). The summed E-state index contributed by atoms with van der Waals surface area (Å²) < 4.78 is 25.4. The third-order valence-electron chi connectivity index (χ3n) is 13.1. The molecule has 4 aromatic rings. The van der Waals surface area contributed by atoms with Crippen molar-refractivity contribution in [1.82, 2.24) is 30.0 Å². The van der Waals surface area contributed by atoms with Crippen LogP contribution in [0, 0.1) is 0 Å². The van der Waals surface area contributed by atoms with E-state index in [2.05, 4.69) is 68.5 Å². The van der Waals surface area contributed by atoms with Gasteiger partial charge in [0.25, 0.3) is 5.91 Å². The maximum absolute atomic E-state index is 13.4. The van der Waals surface area contributed by atoms with Crippen molar-refractivity contribution in [2.75, 3.05) is 81.8 Å². The number of fused-ring (bicyclic) bond motifs is 1. The molecule has 0 aliphatic carbocycles. The van der Waals surface area contributed by atoms with Gasteiger partial charge >= 0.3 is 0 Å². The summed E-state index contributed by atoms with van der Waals surface area (Å²) in [5, 5.41) is 10.1. The minimum atomic E-state index is -2.56. The number of halogens is 1. The monoisotopic (exact) mass is 911 g/mol. The molecule has 8 rings (SSSR count). The highest BCUT2D eigenvalue weighted by molar-refractivity contribution is 7.70. The molecule has 3 saturated heterocycles. The molecule has 0 radical (unpaired) electrons. The number of benzene rings is 3. The number of hydrogen-bond donors (Lipinski definition) is 3. The molecule has 3 amide bonds. The van der Waals surface area contributed by atoms with Gasteiger partial charge in [0.1, 0.15) is 36.3 Å². The zero-order valence-electron chi connectivity index (χ0n) is 37.6. The number of ether oxygens (including phenoxy) is 2. The molecule has 340 valence electrons. The highest BCUT2D eigenvalue weighted by atomic mass is 35.5. The Labute approximate surface area is 380 Å². The highest BCUT2D eigenvalue weighted by Gasteiger charge is 2.41. The van der Waals surface area contributed by atoms with E-state index in [9.17, 15) is 18.9 Å². The van der Waals surface area contributed by atoms with Crippen molar-refractivity contribution in [3.05, 3.63) is 82.5 Å². The second-order valence-corrected chi connectivity index (χ2v) is 21.7. The lowest BCUT2D eigenvalue weighted by atomic mass is 9.98. The third kappa shape index (κ3) is 9.59. The Morgan fingerprint density at radius 3 is 2.38 bits per heavy atom. The molecule has 17 heteroatoms. The van der Waals surface area contributed by atoms with Crippen LogP contribution >= 0.6 is 18.7 Å². The molecular weight excluding hydrogens is 853 g/mol. The van der Waals surface area contributed by atoms with E-state index in [0.29, 0.717) is 58.6 Å². The summed E-state index contributed by atoms with van der Waals surface area (Å²) >= 11 is 6.54. The molecule has 64 heavy (non-hydrogen) atoms. The van der Waals surface area contributed by atoms with Crippen LogP contribution in [0.2, 0.25) is 5.02 Å². The number of para-hydroxylation sites is 1. The van der Waals surface area contributed by atoms with Crippen LogP contribution in [0.3, 0.4) is 0 Å². The normalized spacial score (nSPS) is 19.1. The maximum Gasteiger partial charge on any atom is 0.255 e. The molecule has 4 aliphatic heterocycles. The highest BCUT2D eigenvalue weighted by Crippen LogP contribution is 2.40. The van der Waals surface area contributed by atoms with Gasteiger partial charge < -0.3 is 34.5 Å². The number of piperidine rings is 2. The predicted molar refractivity (Wildman–Crippen MR) is 252 cm³/mol. The first-order chi connectivity index (χ1) is 30.6. The van der Waals surface area contributed by atoms with Gasteiger partial charge in [-0.1, -0.05) is 36.7 Å². The quantitative estimate of drug-likeness (QED) is 0.0914. The first-order valence-corrected chi connectivity index (χ1v) is 25.2. The zero-order valence-corrected chi connectivity index (χ0v) is 39.2. The molecule has 5 heterocycles. The molecule has 3 fully saturated rings. The van der Waals surface area contributed by atoms with Gasteiger partial charge in [-0.15, -0.1) is 0 Å². The SMILES string of the molecule is CCc1cc(Nc2ncc(Cl)c(Nc3ccccc3P(C)(C)=O)n2)c(OC)cc1N1CCC(N2CCN(C(C)(C)COc3cccc4c3CN(C3CCC(=O)NC3=O)C4=O)CC2)CC1. The van der Waals surface area contributed by atoms with Crippen LogP contribution < -0.4 is 35.6 Å². The minimum Gasteiger partial charge on any atom is -0.494 e. The van der Waals surface area contributed by atoms with Crippen molar-refractivity contribution in [1.29, 1.82) is 0 Å². The van der Waals surface area contributed by atoms with Gasteiger partial charge in [-0.3, -0.25) is 29.5 Å². The van der Waals surface area contributed by atoms with Gasteiger partial charge in [-0.2, -0.15) is 4.98 Å². The number of aryl methyl sites for hydroxylation is 1. The summed E-state index contributed by atoms with van der Waals surface area (Å²) in [6.07, 6.45) is 5.05. The lowest BCUT2D eigenvalue weighted by Gasteiger charge is -2.47. The van der Waals surface area contributed by atoms with Gasteiger partial charge in [-0.25, -0.2) is 4.98 Å². The lowest BCUT2D eigenvalue weighted by molar-refractivity contribution is -0.136. The molecule has 0 saturated carbocycles. The summed E-state index contributed by atoms with van der Waals surface area (Å²) in [7, 11) is -0.892. The van der Waals surface area contributed by atoms with Crippen LogP contribution in [0.5, 0.6) is 11.5 Å². The van der Waals surface area contributed by atoms with E-state index in [1.165, 1.54) is 11.3 Å². The van der Waals surface area contributed by atoms with E-state index >= 15 is 0 Å². The first-order valence-electron chi connectivity index (χ1n) is 22.2. The van der Waals surface area contributed by atoms with Crippen molar-refractivity contribution in [3.63, 3.8) is 0 Å². The summed E-state index contributed by atoms with van der Waals surface area (Å²) in [5.74, 6) is 1.19. The van der Waals surface area contributed by atoms with E-state index in [-0.39, 0.29) is 30.3 Å². The Morgan fingerprint density at radius 2 is 1.67 bits per heavy atom. The van der Waals surface area contributed by atoms with Crippen molar-refractivity contribution >= 4 is 70.6 Å². The van der Waals surface area contributed by atoms with Crippen molar-refractivity contribution in [2.45, 2.75) is 77.0 Å². The molecule has 1 atom stereocenters. The fraction of sp³-hybridized carbons (Fsp3) is 0.468. The number of anilines is 5. The van der Waals surface area contributed by atoms with Crippen LogP contribution in [0.4, 0.5) is 28.8 Å². The Balaban J connectivity index is 0.852. The van der Waals surface area contributed by atoms with Gasteiger partial charge in [0.2, 0.25) is 17.8 Å². The van der Waals surface area contributed by atoms with Gasteiger partial charge in [0.15, 0.2) is 5.82 Å². The lowest BCUT2D eigenvalue weighted by Crippen LogP contribution is -2.59. The molecule has 4 aliphatic rings. The Bertz CT molecular complexity index is 2460. The van der Waals surface area contributed by atoms with Crippen LogP contribution in [0.15, 0.2) is 60.8 Å². The molecule has 3 N–H and O–H groups in total. The fourth-order valence-electron chi connectivity index (χ4n) is 9.47. The number of carbonyl (C=O) groups excluding carboxylic acids is 3. The largest absolute Gasteiger partial charge is 0.494 e. The molecule has 0 bridgehead atoms. The van der Waals surface area contributed by atoms with Gasteiger partial charge in [-0.05, 0) is 88.8 Å². The minimum absolute atomic E-state index is 0.201. The van der Waals surface area contributed by atoms with E-state index in [0.717, 1.165) is 75.1 Å². The summed E-state index contributed by atoms with van der Waals surface area (Å²) in [6, 6.07) is 17.1. The molecular formula is C47H59ClN9O6P. The number of methoxy groups -OCH3 is 1. The topological polar surface area (TPSA) is 162 Å². The number of nitrogens with one attached hydrogen (secondary N) is 3. The number of amides is 3. The average molecular weight is 912 g/mol. The van der Waals surface area contributed by atoms with Crippen LogP contribution in [-0.4, -0.2) is 126 Å². The smallest absolute Gasteiger partial charge is 0.255 e. The number of nitrogens with zero attached hydrogens (tertiary/aromatic N) is 6. The number of rotatable bonds is 14. The van der Waals surface area contributed by atoms with Gasteiger partial charge in [0, 0.05) is 85.5 Å². The van der Waals surface area contributed by atoms with E-state index in [1.807, 2.05) is 36.4 Å². The number of piperazine rings is 1. The Morgan fingerprint density at radius 1 is 0.922 bits per heavy atom. The summed E-state index contributed by atoms with van der Waals surface area (Å²) in [4.78, 5) is 56.0. The average Bonchev–Trinajstić information content (AvgIpc) is 3.62. The predicted octanol–water partition coefficient (Wildman–Crippen LogP) is 6.64. The Hall–Kier alpha value is -5.21. The fourth-order valence-corrected chi connectivity index (χ4v) is 10.8. The summed E-state index contributed by atoms with van der Waals surface area (Å²) in [6.45, 7) is 16.5. The first kappa shape index (κ1) is 45.4. The van der Waals surface area contributed by atoms with E-state index in [4.69, 9.17) is 26.1 Å². The Kier molecular flexibility index (Phi) is 13.3. The number of aromatic nitrogens is 2. The number of imide groups is 1. The van der Waals surface area contributed by atoms with Crippen molar-refractivity contribution in [2.24, 2.45) is 0 Å². The van der Waals surface area contributed by atoms with Crippen LogP contribution in [0.25, 0.3) is 0 Å². The van der Waals surface area contributed by atoms with Crippen LogP contribution in [-0.2, 0) is 27.1 Å². The third-order valence-corrected chi connectivity index (χ3v) is 14.9. The van der Waals surface area contributed by atoms with E-state index in [1.54, 1.807) is 37.6 Å². The van der Waals surface area contributed by atoms with E-state index < -0.39 is 19.1 Å². The maximum atomic E-state index is 13.4. The summed E-state index contributed by atoms with van der Waals surface area (Å²) in [5.41, 5.74) is 4.91. The number of hydrogen-bond acceptors (Lipinski definition) is 13. The second-order valence-electron chi connectivity index (χ2n) is 18.1. The molecule has 0 spiro atoms. The van der Waals surface area contributed by atoms with Crippen molar-refractivity contribution in [3.8, 4) is 11.5 Å². The molecule has 1 unspecified atom stereocenters.